The number of hydrogen-bond acceptors (Lipinski definition) is 3. The van der Waals surface area contributed by atoms with Gasteiger partial charge in [0.2, 0.25) is 5.91 Å². The van der Waals surface area contributed by atoms with Gasteiger partial charge in [-0.15, -0.1) is 0 Å². The van der Waals surface area contributed by atoms with Crippen LogP contribution in [0.1, 0.15) is 20.8 Å². The van der Waals surface area contributed by atoms with Gasteiger partial charge in [0, 0.05) is 32.7 Å². The van der Waals surface area contributed by atoms with Crippen LogP contribution in [-0.4, -0.2) is 60.6 Å². The van der Waals surface area contributed by atoms with Crippen molar-refractivity contribution in [2.45, 2.75) is 26.4 Å². The summed E-state index contributed by atoms with van der Waals surface area (Å²) in [6.07, 6.45) is 1.39. The highest BCUT2D eigenvalue weighted by Crippen LogP contribution is 2.07. The van der Waals surface area contributed by atoms with Crippen LogP contribution in [0.4, 0.5) is 0 Å². The molecule has 0 aromatic heterocycles. The summed E-state index contributed by atoms with van der Waals surface area (Å²) in [5, 5.41) is 0. The molecule has 0 N–H and O–H groups in total. The minimum atomic E-state index is -0.0688. The van der Waals surface area contributed by atoms with Gasteiger partial charge < -0.3 is 9.64 Å². The third kappa shape index (κ3) is 5.33. The monoisotopic (exact) mass is 240 g/mol. The summed E-state index contributed by atoms with van der Waals surface area (Å²) in [5.74, 6) is 0.0376. The highest BCUT2D eigenvalue weighted by atomic mass is 16.5. The van der Waals surface area contributed by atoms with Crippen molar-refractivity contribution in [3.05, 3.63) is 12.7 Å². The van der Waals surface area contributed by atoms with Crippen molar-refractivity contribution in [3.63, 3.8) is 0 Å². The molecule has 0 radical (unpaired) electrons. The molecule has 98 valence electrons. The molecule has 0 atom stereocenters. The van der Waals surface area contributed by atoms with E-state index in [1.165, 1.54) is 6.08 Å². The maximum absolute atomic E-state index is 11.4. The Morgan fingerprint density at radius 2 is 1.88 bits per heavy atom. The number of nitrogens with zero attached hydrogens (tertiary/aromatic N) is 2. The van der Waals surface area contributed by atoms with Crippen molar-refractivity contribution in [1.29, 1.82) is 0 Å². The van der Waals surface area contributed by atoms with Crippen LogP contribution < -0.4 is 0 Å². The second-order valence-corrected chi connectivity index (χ2v) is 5.33. The van der Waals surface area contributed by atoms with Gasteiger partial charge in [0.1, 0.15) is 0 Å². The highest BCUT2D eigenvalue weighted by molar-refractivity contribution is 5.87. The summed E-state index contributed by atoms with van der Waals surface area (Å²) in [6, 6.07) is 0. The summed E-state index contributed by atoms with van der Waals surface area (Å²) in [6.45, 7) is 14.8. The first kappa shape index (κ1) is 14.2. The van der Waals surface area contributed by atoms with E-state index >= 15 is 0 Å². The zero-order valence-electron chi connectivity index (χ0n) is 11.2. The molecule has 1 amide bonds. The van der Waals surface area contributed by atoms with Gasteiger partial charge in [-0.2, -0.15) is 0 Å². The molecule has 1 fully saturated rings. The smallest absolute Gasteiger partial charge is 0.246 e. The van der Waals surface area contributed by atoms with Crippen LogP contribution in [-0.2, 0) is 9.53 Å². The van der Waals surface area contributed by atoms with Crippen LogP contribution in [0, 0.1) is 0 Å². The highest BCUT2D eigenvalue weighted by Gasteiger charge is 2.19. The number of carbonyl (C=O) groups is 1. The van der Waals surface area contributed by atoms with Crippen LogP contribution in [0.5, 0.6) is 0 Å². The van der Waals surface area contributed by atoms with Gasteiger partial charge in [-0.3, -0.25) is 9.69 Å². The van der Waals surface area contributed by atoms with Crippen molar-refractivity contribution in [2.75, 3.05) is 39.3 Å². The average Bonchev–Trinajstić information content (AvgIpc) is 2.27. The van der Waals surface area contributed by atoms with E-state index in [0.717, 1.165) is 39.3 Å². The van der Waals surface area contributed by atoms with E-state index in [-0.39, 0.29) is 11.5 Å². The van der Waals surface area contributed by atoms with Gasteiger partial charge >= 0.3 is 0 Å². The topological polar surface area (TPSA) is 32.8 Å². The number of ether oxygens (including phenoxy) is 1. The number of rotatable bonds is 4. The molecule has 0 unspecified atom stereocenters. The lowest BCUT2D eigenvalue weighted by molar-refractivity contribution is -0.127. The maximum Gasteiger partial charge on any atom is 0.246 e. The molecular weight excluding hydrogens is 216 g/mol. The maximum atomic E-state index is 11.4. The predicted molar refractivity (Wildman–Crippen MR) is 68.9 cm³/mol. The number of hydrogen-bond donors (Lipinski definition) is 0. The Hall–Kier alpha value is -0.870. The molecule has 1 rings (SSSR count). The van der Waals surface area contributed by atoms with E-state index in [9.17, 15) is 4.79 Å². The van der Waals surface area contributed by atoms with Crippen molar-refractivity contribution in [2.24, 2.45) is 0 Å². The van der Waals surface area contributed by atoms with Gasteiger partial charge in [0.05, 0.1) is 12.2 Å². The quantitative estimate of drug-likeness (QED) is 0.691. The van der Waals surface area contributed by atoms with Crippen molar-refractivity contribution < 1.29 is 9.53 Å². The first-order valence-corrected chi connectivity index (χ1v) is 6.20. The van der Waals surface area contributed by atoms with E-state index in [4.69, 9.17) is 4.74 Å². The largest absolute Gasteiger partial charge is 0.375 e. The average molecular weight is 240 g/mol. The second-order valence-electron chi connectivity index (χ2n) is 5.33. The Bertz CT molecular complexity index is 263. The molecule has 4 nitrogen and oxygen atoms in total. The fourth-order valence-electron chi connectivity index (χ4n) is 1.80. The first-order chi connectivity index (χ1) is 7.92. The fraction of sp³-hybridized carbons (Fsp3) is 0.769. The second kappa shape index (κ2) is 6.17. The lowest BCUT2D eigenvalue weighted by Crippen LogP contribution is -2.49. The van der Waals surface area contributed by atoms with Gasteiger partial charge in [-0.1, -0.05) is 6.58 Å². The van der Waals surface area contributed by atoms with E-state index < -0.39 is 0 Å². The van der Waals surface area contributed by atoms with E-state index in [1.807, 2.05) is 4.90 Å². The molecule has 4 heteroatoms. The molecule has 1 heterocycles. The zero-order valence-corrected chi connectivity index (χ0v) is 11.2. The molecule has 1 aliphatic rings. The van der Waals surface area contributed by atoms with Crippen LogP contribution in [0.25, 0.3) is 0 Å². The SMILES string of the molecule is C=CC(=O)N1CCN(CCOC(C)(C)C)CC1. The lowest BCUT2D eigenvalue weighted by Gasteiger charge is -2.34. The van der Waals surface area contributed by atoms with Gasteiger partial charge in [-0.25, -0.2) is 0 Å². The number of piperazine rings is 1. The van der Waals surface area contributed by atoms with Crippen LogP contribution in [0.2, 0.25) is 0 Å². The molecule has 0 spiro atoms. The Balaban J connectivity index is 2.19. The summed E-state index contributed by atoms with van der Waals surface area (Å²) in [4.78, 5) is 15.6. The van der Waals surface area contributed by atoms with Crippen molar-refractivity contribution in [1.82, 2.24) is 9.80 Å². The Morgan fingerprint density at radius 3 is 2.35 bits per heavy atom. The molecule has 0 bridgehead atoms. The van der Waals surface area contributed by atoms with E-state index in [2.05, 4.69) is 32.3 Å². The Labute approximate surface area is 104 Å². The molecule has 0 aromatic carbocycles. The fourth-order valence-corrected chi connectivity index (χ4v) is 1.80. The third-order valence-corrected chi connectivity index (χ3v) is 2.80. The summed E-state index contributed by atoms with van der Waals surface area (Å²) in [7, 11) is 0. The molecule has 1 saturated heterocycles. The predicted octanol–water partition coefficient (Wildman–Crippen LogP) is 1.13. The first-order valence-electron chi connectivity index (χ1n) is 6.20. The van der Waals surface area contributed by atoms with E-state index in [0.29, 0.717) is 0 Å². The number of carbonyl (C=O) groups excluding carboxylic acids is 1. The zero-order chi connectivity index (χ0) is 12.9. The molecule has 17 heavy (non-hydrogen) atoms. The minimum Gasteiger partial charge on any atom is -0.375 e. The standard InChI is InChI=1S/C13H24N2O2/c1-5-12(16)15-8-6-14(7-9-15)10-11-17-13(2,3)4/h5H,1,6-11H2,2-4H3. The molecular formula is C13H24N2O2. The summed E-state index contributed by atoms with van der Waals surface area (Å²) in [5.41, 5.74) is -0.0688. The van der Waals surface area contributed by atoms with Crippen LogP contribution >= 0.6 is 0 Å². The van der Waals surface area contributed by atoms with Crippen LogP contribution in [0.3, 0.4) is 0 Å². The van der Waals surface area contributed by atoms with Crippen molar-refractivity contribution in [3.8, 4) is 0 Å². The normalized spacial score (nSPS) is 18.2. The minimum absolute atomic E-state index is 0.0376. The summed E-state index contributed by atoms with van der Waals surface area (Å²) >= 11 is 0. The molecule has 0 aliphatic carbocycles. The molecule has 1 aliphatic heterocycles. The van der Waals surface area contributed by atoms with E-state index in [1.54, 1.807) is 0 Å². The van der Waals surface area contributed by atoms with Crippen LogP contribution in [0.15, 0.2) is 12.7 Å². The Kier molecular flexibility index (Phi) is 5.15. The van der Waals surface area contributed by atoms with Gasteiger partial charge in [0.15, 0.2) is 0 Å². The third-order valence-electron chi connectivity index (χ3n) is 2.80. The van der Waals surface area contributed by atoms with Crippen molar-refractivity contribution >= 4 is 5.91 Å². The summed E-state index contributed by atoms with van der Waals surface area (Å²) < 4.78 is 5.69. The molecule has 0 aromatic rings. The lowest BCUT2D eigenvalue weighted by atomic mass is 10.2. The van der Waals surface area contributed by atoms with Gasteiger partial charge in [-0.05, 0) is 26.8 Å². The Morgan fingerprint density at radius 1 is 1.29 bits per heavy atom. The molecule has 0 saturated carbocycles. The number of amides is 1. The van der Waals surface area contributed by atoms with Gasteiger partial charge in [0.25, 0.3) is 0 Å².